The number of carbonyl (C=O) groups excluding carboxylic acids is 1. The van der Waals surface area contributed by atoms with E-state index < -0.39 is 10.0 Å². The molecule has 4 rings (SSSR count). The van der Waals surface area contributed by atoms with Crippen molar-refractivity contribution in [3.05, 3.63) is 18.2 Å². The summed E-state index contributed by atoms with van der Waals surface area (Å²) >= 11 is 1.52. The molecule has 0 N–H and O–H groups in total. The van der Waals surface area contributed by atoms with Crippen LogP contribution in [0.4, 0.5) is 0 Å². The normalized spacial score (nSPS) is 22.0. The summed E-state index contributed by atoms with van der Waals surface area (Å²) in [5.41, 5.74) is 1.55. The molecule has 1 saturated heterocycles. The van der Waals surface area contributed by atoms with Gasteiger partial charge in [-0.3, -0.25) is 4.79 Å². The van der Waals surface area contributed by atoms with Crippen LogP contribution in [0.5, 0.6) is 0 Å². The van der Waals surface area contributed by atoms with Gasteiger partial charge < -0.3 is 9.30 Å². The molecular formula is C19H25N3O4S2. The number of imidazole rings is 1. The maximum Gasteiger partial charge on any atom is 0.243 e. The Kier molecular flexibility index (Phi) is 5.78. The van der Waals surface area contributed by atoms with E-state index in [4.69, 9.17) is 9.72 Å². The van der Waals surface area contributed by atoms with E-state index in [1.54, 1.807) is 12.1 Å². The Balaban J connectivity index is 1.67. The van der Waals surface area contributed by atoms with Gasteiger partial charge in [0.05, 0.1) is 34.4 Å². The molecule has 0 bridgehead atoms. The van der Waals surface area contributed by atoms with E-state index in [1.165, 1.54) is 16.1 Å². The lowest BCUT2D eigenvalue weighted by Gasteiger charge is -2.26. The first kappa shape index (κ1) is 19.9. The number of Topliss-reactive ketones (excluding diaryl/α,β-unsaturated/α-hetero) is 1. The molecule has 2 aromatic rings. The number of benzene rings is 1. The molecule has 1 aromatic heterocycles. The molecule has 0 amide bonds. The van der Waals surface area contributed by atoms with Crippen molar-refractivity contribution in [2.24, 2.45) is 0 Å². The lowest BCUT2D eigenvalue weighted by molar-refractivity contribution is -0.119. The van der Waals surface area contributed by atoms with Crippen LogP contribution in [0.3, 0.4) is 0 Å². The van der Waals surface area contributed by atoms with Crippen LogP contribution in [0.15, 0.2) is 28.3 Å². The van der Waals surface area contributed by atoms with Crippen LogP contribution < -0.4 is 0 Å². The molecule has 152 valence electrons. The summed E-state index contributed by atoms with van der Waals surface area (Å²) in [5.74, 6) is 0.293. The summed E-state index contributed by atoms with van der Waals surface area (Å²) < 4.78 is 34.7. The SMILES string of the molecule is CCn1c(SC2CCCCC2=O)nc2cc(S(=O)(=O)N3CCOCC3)ccc21. The molecule has 1 unspecified atom stereocenters. The zero-order valence-corrected chi connectivity index (χ0v) is 17.6. The summed E-state index contributed by atoms with van der Waals surface area (Å²) in [4.78, 5) is 17.2. The van der Waals surface area contributed by atoms with Crippen molar-refractivity contribution in [2.75, 3.05) is 26.3 Å². The van der Waals surface area contributed by atoms with Crippen LogP contribution in [0.1, 0.15) is 32.6 Å². The minimum atomic E-state index is -3.56. The highest BCUT2D eigenvalue weighted by Gasteiger charge is 2.28. The van der Waals surface area contributed by atoms with Crippen molar-refractivity contribution in [1.82, 2.24) is 13.9 Å². The van der Waals surface area contributed by atoms with Crippen LogP contribution in [0.25, 0.3) is 11.0 Å². The molecule has 0 spiro atoms. The number of ether oxygens (including phenoxy) is 1. The molecule has 1 aliphatic carbocycles. The fourth-order valence-corrected chi connectivity index (χ4v) is 6.50. The third kappa shape index (κ3) is 3.72. The lowest BCUT2D eigenvalue weighted by atomic mass is 9.99. The Bertz CT molecular complexity index is 980. The van der Waals surface area contributed by atoms with E-state index in [2.05, 4.69) is 4.57 Å². The molecular weight excluding hydrogens is 398 g/mol. The third-order valence-corrected chi connectivity index (χ3v) is 8.56. The van der Waals surface area contributed by atoms with Gasteiger partial charge in [-0.2, -0.15) is 4.31 Å². The second-order valence-electron chi connectivity index (χ2n) is 7.12. The van der Waals surface area contributed by atoms with E-state index in [1.807, 2.05) is 13.0 Å². The van der Waals surface area contributed by atoms with E-state index >= 15 is 0 Å². The predicted octanol–water partition coefficient (Wildman–Crippen LogP) is 2.68. The van der Waals surface area contributed by atoms with Crippen LogP contribution in [0.2, 0.25) is 0 Å². The van der Waals surface area contributed by atoms with Gasteiger partial charge in [0.15, 0.2) is 5.16 Å². The third-order valence-electron chi connectivity index (χ3n) is 5.36. The number of rotatable bonds is 5. The van der Waals surface area contributed by atoms with Crippen LogP contribution in [-0.4, -0.2) is 59.6 Å². The topological polar surface area (TPSA) is 81.5 Å². The van der Waals surface area contributed by atoms with Gasteiger partial charge in [-0.05, 0) is 38.0 Å². The monoisotopic (exact) mass is 423 g/mol. The molecule has 1 saturated carbocycles. The van der Waals surface area contributed by atoms with Gasteiger partial charge in [0.2, 0.25) is 10.0 Å². The van der Waals surface area contributed by atoms with Crippen molar-refractivity contribution in [3.8, 4) is 0 Å². The van der Waals surface area contributed by atoms with Crippen LogP contribution in [0, 0.1) is 0 Å². The number of hydrogen-bond acceptors (Lipinski definition) is 6. The number of aromatic nitrogens is 2. The smallest absolute Gasteiger partial charge is 0.243 e. The second kappa shape index (κ2) is 8.14. The minimum absolute atomic E-state index is 0.0487. The first-order valence-corrected chi connectivity index (χ1v) is 12.1. The van der Waals surface area contributed by atoms with Crippen molar-refractivity contribution < 1.29 is 17.9 Å². The average molecular weight is 424 g/mol. The number of morpholine rings is 1. The Hall–Kier alpha value is -1.42. The van der Waals surface area contributed by atoms with Gasteiger partial charge in [0.25, 0.3) is 0 Å². The number of carbonyl (C=O) groups is 1. The summed E-state index contributed by atoms with van der Waals surface area (Å²) in [5, 5.41) is 0.742. The van der Waals surface area contributed by atoms with Crippen molar-refractivity contribution in [1.29, 1.82) is 0 Å². The first-order chi connectivity index (χ1) is 13.5. The Labute approximate surface area is 169 Å². The Morgan fingerprint density at radius 1 is 1.25 bits per heavy atom. The van der Waals surface area contributed by atoms with Gasteiger partial charge in [0.1, 0.15) is 5.78 Å². The van der Waals surface area contributed by atoms with E-state index in [0.717, 1.165) is 36.5 Å². The molecule has 0 radical (unpaired) electrons. The molecule has 1 aliphatic heterocycles. The number of aryl methyl sites for hydroxylation is 1. The van der Waals surface area contributed by atoms with Gasteiger partial charge in [-0.1, -0.05) is 18.2 Å². The average Bonchev–Trinajstić information content (AvgIpc) is 3.06. The first-order valence-electron chi connectivity index (χ1n) is 9.78. The fraction of sp³-hybridized carbons (Fsp3) is 0.579. The van der Waals surface area contributed by atoms with Crippen LogP contribution in [-0.2, 0) is 26.1 Å². The second-order valence-corrected chi connectivity index (χ2v) is 10.2. The molecule has 1 atom stereocenters. The van der Waals surface area contributed by atoms with Crippen molar-refractivity contribution in [3.63, 3.8) is 0 Å². The molecule has 9 heteroatoms. The van der Waals surface area contributed by atoms with E-state index in [9.17, 15) is 13.2 Å². The summed E-state index contributed by atoms with van der Waals surface area (Å²) in [6.45, 7) is 4.33. The molecule has 28 heavy (non-hydrogen) atoms. The van der Waals surface area contributed by atoms with Crippen LogP contribution >= 0.6 is 11.8 Å². The number of sulfonamides is 1. The number of thioether (sulfide) groups is 1. The quantitative estimate of drug-likeness (QED) is 0.735. The van der Waals surface area contributed by atoms with Gasteiger partial charge in [-0.15, -0.1) is 0 Å². The minimum Gasteiger partial charge on any atom is -0.379 e. The number of fused-ring (bicyclic) bond motifs is 1. The Morgan fingerprint density at radius 3 is 2.75 bits per heavy atom. The van der Waals surface area contributed by atoms with Gasteiger partial charge in [-0.25, -0.2) is 13.4 Å². The Morgan fingerprint density at radius 2 is 2.04 bits per heavy atom. The summed E-state index contributed by atoms with van der Waals surface area (Å²) in [6, 6.07) is 5.13. The summed E-state index contributed by atoms with van der Waals surface area (Å²) in [6.07, 6.45) is 3.57. The lowest BCUT2D eigenvalue weighted by Crippen LogP contribution is -2.40. The maximum absolute atomic E-state index is 12.9. The zero-order valence-electron chi connectivity index (χ0n) is 16.0. The highest BCUT2D eigenvalue weighted by atomic mass is 32.2. The van der Waals surface area contributed by atoms with Crippen molar-refractivity contribution in [2.45, 2.75) is 54.5 Å². The predicted molar refractivity (Wildman–Crippen MR) is 108 cm³/mol. The molecule has 2 fully saturated rings. The molecule has 2 heterocycles. The fourth-order valence-electron chi connectivity index (χ4n) is 3.78. The molecule has 1 aromatic carbocycles. The molecule has 7 nitrogen and oxygen atoms in total. The number of nitrogens with zero attached hydrogens (tertiary/aromatic N) is 3. The number of hydrogen-bond donors (Lipinski definition) is 0. The maximum atomic E-state index is 12.9. The van der Waals surface area contributed by atoms with E-state index in [-0.39, 0.29) is 10.1 Å². The molecule has 2 aliphatic rings. The highest BCUT2D eigenvalue weighted by molar-refractivity contribution is 8.00. The largest absolute Gasteiger partial charge is 0.379 e. The standard InChI is InChI=1S/C19H25N3O4S2/c1-2-22-16-8-7-14(28(24,25)21-9-11-26-12-10-21)13-15(16)20-19(22)27-18-6-4-3-5-17(18)23/h7-8,13,18H,2-6,9-12H2,1H3. The van der Waals surface area contributed by atoms with Gasteiger partial charge >= 0.3 is 0 Å². The number of ketones is 1. The van der Waals surface area contributed by atoms with E-state index in [0.29, 0.717) is 44.0 Å². The van der Waals surface area contributed by atoms with Gasteiger partial charge in [0, 0.05) is 26.1 Å². The zero-order chi connectivity index (χ0) is 19.7. The summed E-state index contributed by atoms with van der Waals surface area (Å²) in [7, 11) is -3.56. The van der Waals surface area contributed by atoms with Crippen molar-refractivity contribution >= 4 is 38.6 Å². The highest BCUT2D eigenvalue weighted by Crippen LogP contribution is 2.34.